The number of para-hydroxylation sites is 1. The Labute approximate surface area is 181 Å². The van der Waals surface area contributed by atoms with Crippen LogP contribution in [-0.2, 0) is 9.53 Å². The normalized spacial score (nSPS) is 14.0. The van der Waals surface area contributed by atoms with E-state index < -0.39 is 12.1 Å². The second-order valence-electron chi connectivity index (χ2n) is 7.95. The summed E-state index contributed by atoms with van der Waals surface area (Å²) >= 11 is 0. The van der Waals surface area contributed by atoms with Crippen molar-refractivity contribution in [1.29, 1.82) is 0 Å². The van der Waals surface area contributed by atoms with Crippen LogP contribution in [0.2, 0.25) is 0 Å². The van der Waals surface area contributed by atoms with Crippen molar-refractivity contribution in [3.05, 3.63) is 72.1 Å². The fraction of sp³-hybridized carbons (Fsp3) is 0.292. The Morgan fingerprint density at radius 2 is 1.77 bits per heavy atom. The number of ether oxygens (including phenoxy) is 1. The van der Waals surface area contributed by atoms with Crippen molar-refractivity contribution in [2.75, 3.05) is 24.3 Å². The number of hydrogen-bond donors (Lipinski definition) is 1. The third-order valence-corrected chi connectivity index (χ3v) is 5.24. The number of nitrogens with zero attached hydrogens (tertiary/aromatic N) is 3. The number of benzene rings is 2. The molecular weight excluding hydrogens is 392 g/mol. The highest BCUT2D eigenvalue weighted by molar-refractivity contribution is 5.97. The van der Waals surface area contributed by atoms with Gasteiger partial charge in [0.05, 0.1) is 11.4 Å². The first-order chi connectivity index (χ1) is 14.9. The van der Waals surface area contributed by atoms with E-state index in [9.17, 15) is 9.59 Å². The lowest BCUT2D eigenvalue weighted by atomic mass is 10.2. The van der Waals surface area contributed by atoms with E-state index in [-0.39, 0.29) is 5.91 Å². The van der Waals surface area contributed by atoms with Gasteiger partial charge in [-0.3, -0.25) is 4.79 Å². The molecule has 1 aliphatic carbocycles. The molecule has 1 N–H and O–H groups in total. The van der Waals surface area contributed by atoms with Crippen LogP contribution in [0.15, 0.2) is 60.7 Å². The maximum atomic E-state index is 12.9. The number of nitrogens with one attached hydrogen (secondary N) is 1. The summed E-state index contributed by atoms with van der Waals surface area (Å²) in [5.41, 5.74) is 3.65. The third-order valence-electron chi connectivity index (χ3n) is 5.24. The van der Waals surface area contributed by atoms with Crippen LogP contribution >= 0.6 is 0 Å². The Morgan fingerprint density at radius 1 is 1.10 bits per heavy atom. The Morgan fingerprint density at radius 3 is 2.39 bits per heavy atom. The molecule has 0 radical (unpaired) electrons. The van der Waals surface area contributed by atoms with E-state index in [0.29, 0.717) is 17.3 Å². The molecule has 2 aromatic carbocycles. The molecule has 1 aromatic heterocycles. The summed E-state index contributed by atoms with van der Waals surface area (Å²) < 4.78 is 7.09. The Balaban J connectivity index is 1.46. The van der Waals surface area contributed by atoms with Gasteiger partial charge in [0.15, 0.2) is 11.8 Å². The minimum Gasteiger partial charge on any atom is -0.448 e. The molecule has 1 saturated carbocycles. The molecule has 7 nitrogen and oxygen atoms in total. The first-order valence-electron chi connectivity index (χ1n) is 10.4. The van der Waals surface area contributed by atoms with Crippen molar-refractivity contribution >= 4 is 23.3 Å². The standard InChI is InChI=1S/C24H26N4O3/c1-16(23(29)25-18-11-13-19(14-12-18)27(2)3)31-24(30)22-15-21(17-9-10-17)26-28(22)20-7-5-4-6-8-20/h4-8,11-17H,9-10H2,1-3H3,(H,25,29)/t16-/m0/s1. The summed E-state index contributed by atoms with van der Waals surface area (Å²) in [6, 6.07) is 18.7. The highest BCUT2D eigenvalue weighted by Crippen LogP contribution is 2.39. The van der Waals surface area contributed by atoms with E-state index in [1.54, 1.807) is 17.7 Å². The molecule has 0 aliphatic heterocycles. The molecule has 1 fully saturated rings. The van der Waals surface area contributed by atoms with Gasteiger partial charge in [0.1, 0.15) is 0 Å². The summed E-state index contributed by atoms with van der Waals surface area (Å²) in [6.07, 6.45) is 1.20. The summed E-state index contributed by atoms with van der Waals surface area (Å²) in [6.45, 7) is 1.56. The highest BCUT2D eigenvalue weighted by atomic mass is 16.5. The van der Waals surface area contributed by atoms with Crippen molar-refractivity contribution in [3.63, 3.8) is 0 Å². The van der Waals surface area contributed by atoms with Crippen LogP contribution in [-0.4, -0.2) is 41.9 Å². The molecule has 7 heteroatoms. The largest absolute Gasteiger partial charge is 0.448 e. The van der Waals surface area contributed by atoms with Crippen molar-refractivity contribution in [2.45, 2.75) is 31.8 Å². The van der Waals surface area contributed by atoms with Gasteiger partial charge in [-0.15, -0.1) is 0 Å². The summed E-state index contributed by atoms with van der Waals surface area (Å²) in [4.78, 5) is 27.4. The predicted octanol–water partition coefficient (Wildman–Crippen LogP) is 4.00. The molecule has 1 atom stereocenters. The van der Waals surface area contributed by atoms with Crippen LogP contribution in [0.4, 0.5) is 11.4 Å². The molecule has 1 amide bonds. The average molecular weight is 418 g/mol. The van der Waals surface area contributed by atoms with Gasteiger partial charge in [-0.05, 0) is 62.2 Å². The van der Waals surface area contributed by atoms with E-state index in [1.807, 2.05) is 73.6 Å². The second-order valence-corrected chi connectivity index (χ2v) is 7.95. The fourth-order valence-electron chi connectivity index (χ4n) is 3.25. The SMILES string of the molecule is C[C@H](OC(=O)c1cc(C2CC2)nn1-c1ccccc1)C(=O)Nc1ccc(N(C)C)cc1. The number of anilines is 2. The molecule has 0 unspecified atom stereocenters. The lowest BCUT2D eigenvalue weighted by Crippen LogP contribution is -2.30. The zero-order valence-electron chi connectivity index (χ0n) is 17.9. The van der Waals surface area contributed by atoms with Crippen LogP contribution in [0, 0.1) is 0 Å². The van der Waals surface area contributed by atoms with Crippen LogP contribution in [0.3, 0.4) is 0 Å². The highest BCUT2D eigenvalue weighted by Gasteiger charge is 2.30. The van der Waals surface area contributed by atoms with Gasteiger partial charge in [0.25, 0.3) is 5.91 Å². The molecule has 0 spiro atoms. The Kier molecular flexibility index (Phi) is 5.75. The minimum atomic E-state index is -0.954. The molecule has 31 heavy (non-hydrogen) atoms. The average Bonchev–Trinajstić information content (AvgIpc) is 3.52. The van der Waals surface area contributed by atoms with Crippen LogP contribution in [0.1, 0.15) is 41.9 Å². The first kappa shape index (κ1) is 20.7. The molecule has 160 valence electrons. The zero-order valence-corrected chi connectivity index (χ0v) is 17.9. The fourth-order valence-corrected chi connectivity index (χ4v) is 3.25. The predicted molar refractivity (Wildman–Crippen MR) is 120 cm³/mol. The van der Waals surface area contributed by atoms with Gasteiger partial charge < -0.3 is 15.0 Å². The minimum absolute atomic E-state index is 0.322. The number of rotatable bonds is 7. The number of aromatic nitrogens is 2. The van der Waals surface area contributed by atoms with Gasteiger partial charge in [-0.25, -0.2) is 9.48 Å². The Bertz CT molecular complexity index is 1070. The van der Waals surface area contributed by atoms with Crippen LogP contribution in [0.25, 0.3) is 5.69 Å². The lowest BCUT2D eigenvalue weighted by molar-refractivity contribution is -0.123. The number of carbonyl (C=O) groups excluding carboxylic acids is 2. The van der Waals surface area contributed by atoms with Crippen LogP contribution < -0.4 is 10.2 Å². The number of esters is 1. The number of hydrogen-bond acceptors (Lipinski definition) is 5. The second kappa shape index (κ2) is 8.63. The van der Waals surface area contributed by atoms with Crippen molar-refractivity contribution < 1.29 is 14.3 Å². The lowest BCUT2D eigenvalue weighted by Gasteiger charge is -2.15. The van der Waals surface area contributed by atoms with Gasteiger partial charge in [0.2, 0.25) is 0 Å². The van der Waals surface area contributed by atoms with Gasteiger partial charge >= 0.3 is 5.97 Å². The summed E-state index contributed by atoms with van der Waals surface area (Å²) in [7, 11) is 3.90. The van der Waals surface area contributed by atoms with Gasteiger partial charge in [-0.1, -0.05) is 18.2 Å². The molecule has 1 aliphatic rings. The van der Waals surface area contributed by atoms with Crippen molar-refractivity contribution in [1.82, 2.24) is 9.78 Å². The van der Waals surface area contributed by atoms with Crippen LogP contribution in [0.5, 0.6) is 0 Å². The molecule has 3 aromatic rings. The third kappa shape index (κ3) is 4.77. The molecule has 0 bridgehead atoms. The summed E-state index contributed by atoms with van der Waals surface area (Å²) in [5, 5.41) is 7.40. The van der Waals surface area contributed by atoms with E-state index in [2.05, 4.69) is 10.4 Å². The monoisotopic (exact) mass is 418 g/mol. The van der Waals surface area contributed by atoms with E-state index in [0.717, 1.165) is 29.9 Å². The zero-order chi connectivity index (χ0) is 22.0. The smallest absolute Gasteiger partial charge is 0.357 e. The van der Waals surface area contributed by atoms with E-state index in [1.165, 1.54) is 0 Å². The number of carbonyl (C=O) groups is 2. The number of amides is 1. The summed E-state index contributed by atoms with van der Waals surface area (Å²) in [5.74, 6) is -0.574. The van der Waals surface area contributed by atoms with Gasteiger partial charge in [-0.2, -0.15) is 5.10 Å². The maximum absolute atomic E-state index is 12.9. The van der Waals surface area contributed by atoms with Crippen molar-refractivity contribution in [2.24, 2.45) is 0 Å². The topological polar surface area (TPSA) is 76.5 Å². The molecule has 4 rings (SSSR count). The first-order valence-corrected chi connectivity index (χ1v) is 10.4. The van der Waals surface area contributed by atoms with Crippen molar-refractivity contribution in [3.8, 4) is 5.69 Å². The van der Waals surface area contributed by atoms with Gasteiger partial charge in [0, 0.05) is 31.4 Å². The maximum Gasteiger partial charge on any atom is 0.357 e. The molecule has 0 saturated heterocycles. The Hall–Kier alpha value is -3.61. The molecule has 1 heterocycles. The quantitative estimate of drug-likeness (QED) is 0.587. The van der Waals surface area contributed by atoms with E-state index >= 15 is 0 Å². The molecular formula is C24H26N4O3. The van der Waals surface area contributed by atoms with E-state index in [4.69, 9.17) is 4.74 Å².